The van der Waals surface area contributed by atoms with Crippen molar-refractivity contribution in [3.8, 4) is 11.4 Å². The second kappa shape index (κ2) is 7.69. The normalized spacial score (nSPS) is 16.5. The van der Waals surface area contributed by atoms with Crippen LogP contribution in [0.2, 0.25) is 0 Å². The number of carbonyl (C=O) groups excluding carboxylic acids is 2. The van der Waals surface area contributed by atoms with Gasteiger partial charge >= 0.3 is 0 Å². The molecule has 0 bridgehead atoms. The Labute approximate surface area is 157 Å². The molecule has 0 radical (unpaired) electrons. The molecule has 2 heterocycles. The second-order valence-corrected chi connectivity index (χ2v) is 6.75. The molecule has 0 spiro atoms. The highest BCUT2D eigenvalue weighted by molar-refractivity contribution is 5.94. The molecule has 0 unspecified atom stereocenters. The molecule has 1 N–H and O–H groups in total. The van der Waals surface area contributed by atoms with Crippen molar-refractivity contribution in [3.05, 3.63) is 41.8 Å². The summed E-state index contributed by atoms with van der Waals surface area (Å²) in [6.07, 6.45) is 1.59. The lowest BCUT2D eigenvalue weighted by Gasteiger charge is -2.21. The third-order valence-electron chi connectivity index (χ3n) is 4.67. The topological polar surface area (TPSA) is 78.4 Å². The summed E-state index contributed by atoms with van der Waals surface area (Å²) in [5.41, 5.74) is 1.23. The Kier molecular flexibility index (Phi) is 5.34. The molecule has 27 heavy (non-hydrogen) atoms. The molecule has 1 aromatic carbocycles. The van der Waals surface area contributed by atoms with E-state index in [4.69, 9.17) is 0 Å². The summed E-state index contributed by atoms with van der Waals surface area (Å²) in [5, 5.41) is 2.68. The van der Waals surface area contributed by atoms with Crippen molar-refractivity contribution in [2.75, 3.05) is 39.5 Å². The number of rotatable bonds is 5. The summed E-state index contributed by atoms with van der Waals surface area (Å²) in [6.45, 7) is 1.20. The van der Waals surface area contributed by atoms with E-state index in [1.165, 1.54) is 0 Å². The SMILES string of the molecule is CNc1nc(-c2ccc(C(=O)N(C)C[C@H]3CC(=O)N(C)C3)cc2)ncc1F. The Bertz CT molecular complexity index is 856. The quantitative estimate of drug-likeness (QED) is 0.868. The van der Waals surface area contributed by atoms with Gasteiger partial charge in [-0.05, 0) is 12.1 Å². The first-order chi connectivity index (χ1) is 12.9. The zero-order valence-electron chi connectivity index (χ0n) is 15.6. The van der Waals surface area contributed by atoms with Crippen LogP contribution in [0.1, 0.15) is 16.8 Å². The van der Waals surface area contributed by atoms with E-state index in [-0.39, 0.29) is 23.6 Å². The standard InChI is InChI=1S/C19H22FN5O2/c1-21-18-15(20)9-22-17(23-18)13-4-6-14(7-5-13)19(27)25(3)11-12-8-16(26)24(2)10-12/h4-7,9,12H,8,10-11H2,1-3H3,(H,21,22,23)/t12-/m0/s1. The molecule has 3 rings (SSSR count). The molecule has 7 nitrogen and oxygen atoms in total. The molecule has 1 atom stereocenters. The molecule has 1 saturated heterocycles. The average Bonchev–Trinajstić information content (AvgIpc) is 2.98. The summed E-state index contributed by atoms with van der Waals surface area (Å²) in [4.78, 5) is 35.7. The smallest absolute Gasteiger partial charge is 0.253 e. The maximum absolute atomic E-state index is 13.5. The average molecular weight is 371 g/mol. The Balaban J connectivity index is 1.69. The predicted octanol–water partition coefficient (Wildman–Crippen LogP) is 1.87. The fourth-order valence-electron chi connectivity index (χ4n) is 3.21. The van der Waals surface area contributed by atoms with E-state index in [9.17, 15) is 14.0 Å². The van der Waals surface area contributed by atoms with Crippen molar-refractivity contribution in [3.63, 3.8) is 0 Å². The molecule has 1 fully saturated rings. The van der Waals surface area contributed by atoms with Crippen molar-refractivity contribution in [2.45, 2.75) is 6.42 Å². The van der Waals surface area contributed by atoms with Crippen LogP contribution >= 0.6 is 0 Å². The molecule has 8 heteroatoms. The first-order valence-corrected chi connectivity index (χ1v) is 8.69. The van der Waals surface area contributed by atoms with E-state index in [0.29, 0.717) is 36.5 Å². The molecule has 1 aliphatic rings. The number of amides is 2. The van der Waals surface area contributed by atoms with Crippen molar-refractivity contribution < 1.29 is 14.0 Å². The highest BCUT2D eigenvalue weighted by Crippen LogP contribution is 2.21. The van der Waals surface area contributed by atoms with Crippen LogP contribution in [0.15, 0.2) is 30.5 Å². The Hall–Kier alpha value is -3.03. The van der Waals surface area contributed by atoms with Crippen molar-refractivity contribution in [2.24, 2.45) is 5.92 Å². The summed E-state index contributed by atoms with van der Waals surface area (Å²) < 4.78 is 13.5. The number of nitrogens with zero attached hydrogens (tertiary/aromatic N) is 4. The zero-order valence-corrected chi connectivity index (χ0v) is 15.6. The van der Waals surface area contributed by atoms with Gasteiger partial charge in [-0.15, -0.1) is 0 Å². The van der Waals surface area contributed by atoms with Crippen molar-refractivity contribution >= 4 is 17.6 Å². The van der Waals surface area contributed by atoms with Gasteiger partial charge in [-0.3, -0.25) is 9.59 Å². The number of carbonyl (C=O) groups is 2. The lowest BCUT2D eigenvalue weighted by atomic mass is 10.1. The minimum absolute atomic E-state index is 0.112. The van der Waals surface area contributed by atoms with Gasteiger partial charge in [0.1, 0.15) is 0 Å². The second-order valence-electron chi connectivity index (χ2n) is 6.75. The molecule has 2 amide bonds. The van der Waals surface area contributed by atoms with E-state index < -0.39 is 5.82 Å². The van der Waals surface area contributed by atoms with E-state index >= 15 is 0 Å². The van der Waals surface area contributed by atoms with Gasteiger partial charge in [0.05, 0.1) is 6.20 Å². The van der Waals surface area contributed by atoms with Crippen LogP contribution in [-0.4, -0.2) is 65.8 Å². The largest absolute Gasteiger partial charge is 0.371 e. The molecule has 142 valence electrons. The number of nitrogens with one attached hydrogen (secondary N) is 1. The van der Waals surface area contributed by atoms with E-state index in [2.05, 4.69) is 15.3 Å². The number of anilines is 1. The third kappa shape index (κ3) is 4.05. The first-order valence-electron chi connectivity index (χ1n) is 8.69. The van der Waals surface area contributed by atoms with E-state index in [1.54, 1.807) is 55.2 Å². The van der Waals surface area contributed by atoms with Crippen LogP contribution in [0, 0.1) is 11.7 Å². The van der Waals surface area contributed by atoms with Crippen LogP contribution in [0.5, 0.6) is 0 Å². The minimum atomic E-state index is -0.522. The summed E-state index contributed by atoms with van der Waals surface area (Å²) >= 11 is 0. The Morgan fingerprint density at radius 1 is 1.37 bits per heavy atom. The monoisotopic (exact) mass is 371 g/mol. The molecule has 0 saturated carbocycles. The van der Waals surface area contributed by atoms with Gasteiger partial charge in [0.25, 0.3) is 5.91 Å². The number of hydrogen-bond donors (Lipinski definition) is 1. The zero-order chi connectivity index (χ0) is 19.6. The van der Waals surface area contributed by atoms with Gasteiger partial charge in [0.15, 0.2) is 17.5 Å². The molecule has 1 aromatic heterocycles. The minimum Gasteiger partial charge on any atom is -0.371 e. The van der Waals surface area contributed by atoms with Gasteiger partial charge < -0.3 is 15.1 Å². The third-order valence-corrected chi connectivity index (χ3v) is 4.67. The van der Waals surface area contributed by atoms with Crippen LogP contribution in [0.3, 0.4) is 0 Å². The number of likely N-dealkylation sites (tertiary alicyclic amines) is 1. The maximum Gasteiger partial charge on any atom is 0.253 e. The maximum atomic E-state index is 13.5. The molecular weight excluding hydrogens is 349 g/mol. The summed E-state index contributed by atoms with van der Waals surface area (Å²) in [5.74, 6) is 0.135. The lowest BCUT2D eigenvalue weighted by Crippen LogP contribution is -2.32. The fraction of sp³-hybridized carbons (Fsp3) is 0.368. The van der Waals surface area contributed by atoms with Gasteiger partial charge in [-0.1, -0.05) is 12.1 Å². The van der Waals surface area contributed by atoms with Crippen LogP contribution in [0.25, 0.3) is 11.4 Å². The molecule has 2 aromatic rings. The van der Waals surface area contributed by atoms with Crippen molar-refractivity contribution in [1.82, 2.24) is 19.8 Å². The van der Waals surface area contributed by atoms with E-state index in [1.807, 2.05) is 0 Å². The van der Waals surface area contributed by atoms with Crippen LogP contribution in [-0.2, 0) is 4.79 Å². The molecule has 0 aliphatic carbocycles. The van der Waals surface area contributed by atoms with Gasteiger partial charge in [0, 0.05) is 57.7 Å². The summed E-state index contributed by atoms with van der Waals surface area (Å²) in [6, 6.07) is 6.87. The fourth-order valence-corrected chi connectivity index (χ4v) is 3.21. The van der Waals surface area contributed by atoms with Crippen LogP contribution < -0.4 is 5.32 Å². The van der Waals surface area contributed by atoms with Gasteiger partial charge in [-0.25, -0.2) is 14.4 Å². The highest BCUT2D eigenvalue weighted by Gasteiger charge is 2.28. The first kappa shape index (κ1) is 18.8. The number of benzene rings is 1. The van der Waals surface area contributed by atoms with Gasteiger partial charge in [-0.2, -0.15) is 0 Å². The molecule has 1 aliphatic heterocycles. The van der Waals surface area contributed by atoms with E-state index in [0.717, 1.165) is 6.20 Å². The number of halogens is 1. The lowest BCUT2D eigenvalue weighted by molar-refractivity contribution is -0.126. The Morgan fingerprint density at radius 2 is 2.07 bits per heavy atom. The Morgan fingerprint density at radius 3 is 2.67 bits per heavy atom. The molecular formula is C19H22FN5O2. The highest BCUT2D eigenvalue weighted by atomic mass is 19.1. The van der Waals surface area contributed by atoms with Gasteiger partial charge in [0.2, 0.25) is 5.91 Å². The van der Waals surface area contributed by atoms with Crippen molar-refractivity contribution in [1.29, 1.82) is 0 Å². The van der Waals surface area contributed by atoms with Crippen LogP contribution in [0.4, 0.5) is 10.2 Å². The number of hydrogen-bond acceptors (Lipinski definition) is 5. The summed E-state index contributed by atoms with van der Waals surface area (Å²) in [7, 11) is 5.10. The number of aromatic nitrogens is 2. The predicted molar refractivity (Wildman–Crippen MR) is 99.7 cm³/mol.